The van der Waals surface area contributed by atoms with Gasteiger partial charge in [-0.2, -0.15) is 0 Å². The summed E-state index contributed by atoms with van der Waals surface area (Å²) in [5, 5.41) is 16.2. The van der Waals surface area contributed by atoms with Crippen LogP contribution in [0, 0.1) is 0 Å². The van der Waals surface area contributed by atoms with Crippen LogP contribution in [0.2, 0.25) is 0 Å². The fourth-order valence-electron chi connectivity index (χ4n) is 20.8. The Hall–Kier alpha value is -15.2. The van der Waals surface area contributed by atoms with E-state index in [0.717, 1.165) is 217 Å². The third-order valence-electron chi connectivity index (χ3n) is 27.1. The fraction of sp³-hybridized carbons (Fsp3) is 0.0508. The molecular formula is C118H86N9O3P3SSi. The molecule has 3 atom stereocenters. The highest BCUT2D eigenvalue weighted by atomic mass is 32.1. The van der Waals surface area contributed by atoms with Crippen LogP contribution in [0.4, 0.5) is 0 Å². The summed E-state index contributed by atoms with van der Waals surface area (Å²) >= 11 is 1.71. The van der Waals surface area contributed by atoms with Crippen molar-refractivity contribution in [1.82, 2.24) is 43.6 Å². The van der Waals surface area contributed by atoms with E-state index in [2.05, 4.69) is 300 Å². The number of hydrogen-bond acceptors (Lipinski definition) is 10. The monoisotopic (exact) mass is 1830 g/mol. The van der Waals surface area contributed by atoms with Gasteiger partial charge in [0.25, 0.3) is 0 Å². The normalized spacial score (nSPS) is 15.5. The Morgan fingerprint density at radius 3 is 1.00 bits per heavy atom. The Morgan fingerprint density at radius 2 is 0.600 bits per heavy atom. The van der Waals surface area contributed by atoms with E-state index in [-0.39, 0.29) is 0 Å². The lowest BCUT2D eigenvalue weighted by molar-refractivity contribution is 0.591. The molecule has 0 spiro atoms. The molecule has 0 radical (unpaired) electrons. The van der Waals surface area contributed by atoms with Gasteiger partial charge in [0.2, 0.25) is 0 Å². The fourth-order valence-corrected chi connectivity index (χ4v) is 35.6. The van der Waals surface area contributed by atoms with E-state index in [1.54, 1.807) is 11.3 Å². The molecule has 135 heavy (non-hydrogen) atoms. The number of benzene rings is 17. The second kappa shape index (κ2) is 33.5. The van der Waals surface area contributed by atoms with Gasteiger partial charge in [-0.1, -0.05) is 348 Å². The van der Waals surface area contributed by atoms with Gasteiger partial charge in [0.05, 0.1) is 77.1 Å². The van der Waals surface area contributed by atoms with E-state index in [9.17, 15) is 0 Å². The number of imidazole rings is 3. The number of aromatic nitrogens is 9. The predicted octanol–water partition coefficient (Wildman–Crippen LogP) is 22.0. The Morgan fingerprint density at radius 1 is 0.267 bits per heavy atom. The average Bonchev–Trinajstić information content (AvgIpc) is 1.62. The number of para-hydroxylation sites is 4. The minimum absolute atomic E-state index is 0.779. The van der Waals surface area contributed by atoms with Crippen LogP contribution in [-0.4, -0.2) is 51.7 Å². The van der Waals surface area contributed by atoms with Gasteiger partial charge in [-0.05, 0) is 151 Å². The molecule has 646 valence electrons. The molecule has 3 unspecified atom stereocenters. The van der Waals surface area contributed by atoms with E-state index in [4.69, 9.17) is 24.9 Å². The van der Waals surface area contributed by atoms with E-state index in [1.165, 1.54) is 25.4 Å². The maximum atomic E-state index is 15.8. The summed E-state index contributed by atoms with van der Waals surface area (Å²) in [4.78, 5) is 29.3. The van der Waals surface area contributed by atoms with Crippen molar-refractivity contribution in [2.75, 3.05) is 0 Å². The van der Waals surface area contributed by atoms with Crippen LogP contribution >= 0.6 is 32.8 Å². The molecule has 17 heteroatoms. The first-order chi connectivity index (χ1) is 66.4. The molecule has 0 fully saturated rings. The topological polar surface area (TPSA) is 143 Å². The highest BCUT2D eigenvalue weighted by molar-refractivity contribution is 7.87. The molecule has 6 aromatic heterocycles. The second-order valence-corrected chi connectivity index (χ2v) is 47.4. The predicted molar refractivity (Wildman–Crippen MR) is 565 cm³/mol. The SMILES string of the molecule is CCc1nc2cccc3c2n1-c1ccc(-c2ccc(-c4ccc5ccc6cccnc6c5n4)cc2)cc1P3(=O)c1ccccc1.CCc1nc2cccc3c2n1-c1ccc(-c2ccc(-c4nc5ccccc5s4)cc2)cc1P3(=O)c1ccccc1.CCc1nc2cccc3c2n1-c1ccc(-c2ccc([Si](c4ccccc4)(c4ccccc4)c4ccccc4)cc2)cc1P3(=O)c1ccccc1. The maximum absolute atomic E-state index is 15.8. The summed E-state index contributed by atoms with van der Waals surface area (Å²) in [5.74, 6) is 2.94. The van der Waals surface area contributed by atoms with Crippen LogP contribution in [0.5, 0.6) is 0 Å². The van der Waals surface area contributed by atoms with Crippen LogP contribution in [0.25, 0.3) is 137 Å². The van der Waals surface area contributed by atoms with Crippen LogP contribution in [0.1, 0.15) is 38.2 Å². The van der Waals surface area contributed by atoms with E-state index in [0.29, 0.717) is 0 Å². The first-order valence-electron chi connectivity index (χ1n) is 45.9. The van der Waals surface area contributed by atoms with Crippen LogP contribution in [0.15, 0.2) is 431 Å². The van der Waals surface area contributed by atoms with E-state index < -0.39 is 29.5 Å². The molecule has 3 aliphatic rings. The zero-order valence-electron chi connectivity index (χ0n) is 74.1. The molecule has 9 heterocycles. The maximum Gasteiger partial charge on any atom is 0.179 e. The minimum Gasteiger partial charge on any atom is -0.308 e. The van der Waals surface area contributed by atoms with Gasteiger partial charge in [0, 0.05) is 95.1 Å². The van der Waals surface area contributed by atoms with Crippen molar-refractivity contribution in [3.05, 3.63) is 448 Å². The quantitative estimate of drug-likeness (QED) is 0.0424. The standard InChI is InChI=1S/C45H35N2OPSi.C39H27N4OP.C34H24N3OPS/c1-2-44-46-40-24-15-25-42-45(40)47(44)41-31-28-34(32-43(41)49(42,48)35-16-7-3-8-17-35)33-26-29-39(30-27-33)50(36-18-9-4-10-19-36,37-20-11-5-12-21-37)38-22-13-6-14-23-38;1-2-36-41-32-11-6-12-34-39(32)43(36)33-22-20-29(24-35(33)45(34,44)30-9-4-3-5-10-30)25-13-15-26(16-14-25)31-21-19-28-18-17-27-8-7-23-40-37(27)38(28)42-31;1-2-32-35-27-12-8-13-29-33(27)37(32)28-20-19-24(21-30(28)39(29,38)25-9-4-3-5-10-25)22-15-17-23(18-16-22)34-36-26-11-6-7-14-31(26)40-34/h3-32H,2H2,1H3;3-24H,2H2,1H3;3-21H,2H2,1H3. The van der Waals surface area contributed by atoms with Crippen molar-refractivity contribution >= 4 is 174 Å². The summed E-state index contributed by atoms with van der Waals surface area (Å²) in [6, 6.07) is 147. The number of pyridine rings is 2. The van der Waals surface area contributed by atoms with Crippen molar-refractivity contribution < 1.29 is 13.7 Å². The highest BCUT2D eigenvalue weighted by Crippen LogP contribution is 2.54. The Balaban J connectivity index is 0.000000112. The first kappa shape index (κ1) is 82.9. The second-order valence-electron chi connectivity index (χ2n) is 34.5. The molecule has 23 aromatic rings. The molecule has 0 N–H and O–H groups in total. The van der Waals surface area contributed by atoms with Crippen LogP contribution < -0.4 is 68.5 Å². The van der Waals surface area contributed by atoms with Gasteiger partial charge in [-0.15, -0.1) is 11.3 Å². The van der Waals surface area contributed by atoms with E-state index in [1.807, 2.05) is 170 Å². The molecule has 17 aromatic carbocycles. The van der Waals surface area contributed by atoms with Gasteiger partial charge in [-0.3, -0.25) is 18.7 Å². The van der Waals surface area contributed by atoms with Gasteiger partial charge in [0.15, 0.2) is 29.5 Å². The molecule has 0 bridgehead atoms. The third kappa shape index (κ3) is 13.4. The summed E-state index contributed by atoms with van der Waals surface area (Å²) in [5.41, 5.74) is 20.6. The zero-order valence-corrected chi connectivity index (χ0v) is 78.6. The molecule has 0 saturated heterocycles. The highest BCUT2D eigenvalue weighted by Gasteiger charge is 2.45. The van der Waals surface area contributed by atoms with Crippen molar-refractivity contribution in [1.29, 1.82) is 0 Å². The molecule has 26 rings (SSSR count). The van der Waals surface area contributed by atoms with Crippen LogP contribution in [0.3, 0.4) is 0 Å². The number of aryl methyl sites for hydroxylation is 3. The number of hydrogen-bond donors (Lipinski definition) is 0. The van der Waals surface area contributed by atoms with Gasteiger partial charge in [0.1, 0.15) is 22.5 Å². The first-order valence-corrected chi connectivity index (χ1v) is 53.8. The summed E-state index contributed by atoms with van der Waals surface area (Å²) in [6.45, 7) is 6.38. The molecular weight excluding hydrogens is 1740 g/mol. The largest absolute Gasteiger partial charge is 0.308 e. The van der Waals surface area contributed by atoms with Gasteiger partial charge in [-0.25, -0.2) is 24.9 Å². The molecule has 3 aliphatic heterocycles. The summed E-state index contributed by atoms with van der Waals surface area (Å²) in [6.07, 6.45) is 4.17. The molecule has 12 nitrogen and oxygen atoms in total. The Bertz CT molecular complexity index is 8650. The van der Waals surface area contributed by atoms with Crippen molar-refractivity contribution in [2.24, 2.45) is 0 Å². The van der Waals surface area contributed by atoms with Gasteiger partial charge >= 0.3 is 0 Å². The number of thiazole rings is 1. The van der Waals surface area contributed by atoms with Crippen molar-refractivity contribution in [2.45, 2.75) is 40.0 Å². The third-order valence-corrected chi connectivity index (χ3v) is 42.3. The molecule has 0 aliphatic carbocycles. The Kier molecular flexibility index (Phi) is 20.6. The minimum atomic E-state index is -3.22. The summed E-state index contributed by atoms with van der Waals surface area (Å²) < 4.78 is 54.6. The number of fused-ring (bicyclic) bond motifs is 10. The van der Waals surface area contributed by atoms with E-state index >= 15 is 13.7 Å². The lowest BCUT2D eigenvalue weighted by Gasteiger charge is -2.34. The molecule has 0 amide bonds. The van der Waals surface area contributed by atoms with Crippen molar-refractivity contribution in [3.63, 3.8) is 0 Å². The number of rotatable bonds is 15. The Labute approximate surface area is 786 Å². The molecule has 0 saturated carbocycles. The lowest BCUT2D eigenvalue weighted by Crippen LogP contribution is -2.74. The van der Waals surface area contributed by atoms with Crippen molar-refractivity contribution in [3.8, 4) is 72.3 Å². The summed E-state index contributed by atoms with van der Waals surface area (Å²) in [7, 11) is -12.2. The number of nitrogens with zero attached hydrogens (tertiary/aromatic N) is 9. The van der Waals surface area contributed by atoms with Crippen LogP contribution in [-0.2, 0) is 33.0 Å². The lowest BCUT2D eigenvalue weighted by atomic mass is 10.0. The average molecular weight is 1830 g/mol. The van der Waals surface area contributed by atoms with Gasteiger partial charge < -0.3 is 13.7 Å². The zero-order chi connectivity index (χ0) is 90.7. The smallest absolute Gasteiger partial charge is 0.179 e.